The molecule has 0 spiro atoms. The molecule has 0 aromatic carbocycles. The SMILES string of the molecule is CCCCCCCC(C)(CCCC)N1CCS(=N)(=O)CC1. The zero-order valence-electron chi connectivity index (χ0n) is 14.5. The van der Waals surface area contributed by atoms with Gasteiger partial charge in [0.05, 0.1) is 0 Å². The molecule has 0 amide bonds. The van der Waals surface area contributed by atoms with Gasteiger partial charge in [-0.3, -0.25) is 9.68 Å². The Bertz CT molecular complexity index is 366. The largest absolute Gasteiger partial charge is 0.296 e. The summed E-state index contributed by atoms with van der Waals surface area (Å²) >= 11 is 0. The fourth-order valence-corrected chi connectivity index (χ4v) is 4.61. The van der Waals surface area contributed by atoms with Gasteiger partial charge in [-0.1, -0.05) is 58.8 Å². The summed E-state index contributed by atoms with van der Waals surface area (Å²) in [5.74, 6) is 1.15. The van der Waals surface area contributed by atoms with Crippen LogP contribution in [0.25, 0.3) is 0 Å². The van der Waals surface area contributed by atoms with Crippen LogP contribution in [0.1, 0.15) is 78.6 Å². The molecule has 0 aromatic heterocycles. The maximum atomic E-state index is 11.9. The summed E-state index contributed by atoms with van der Waals surface area (Å²) in [4.78, 5) is 2.54. The number of nitrogens with one attached hydrogen (secondary N) is 1. The minimum absolute atomic E-state index is 0.262. The molecule has 0 saturated carbocycles. The van der Waals surface area contributed by atoms with Crippen LogP contribution >= 0.6 is 0 Å². The molecule has 0 aliphatic carbocycles. The van der Waals surface area contributed by atoms with Crippen LogP contribution < -0.4 is 0 Å². The molecule has 126 valence electrons. The zero-order valence-corrected chi connectivity index (χ0v) is 15.3. The van der Waals surface area contributed by atoms with E-state index in [-0.39, 0.29) is 5.54 Å². The zero-order chi connectivity index (χ0) is 15.8. The van der Waals surface area contributed by atoms with Crippen molar-refractivity contribution in [3.8, 4) is 0 Å². The van der Waals surface area contributed by atoms with E-state index in [0.29, 0.717) is 11.5 Å². The van der Waals surface area contributed by atoms with Gasteiger partial charge in [-0.2, -0.15) is 0 Å². The van der Waals surface area contributed by atoms with E-state index in [1.54, 1.807) is 0 Å². The Kier molecular flexibility index (Phi) is 8.25. The summed E-state index contributed by atoms with van der Waals surface area (Å²) in [7, 11) is -2.27. The first-order valence-electron chi connectivity index (χ1n) is 8.93. The molecular weight excluding hydrogens is 280 g/mol. The van der Waals surface area contributed by atoms with Gasteiger partial charge < -0.3 is 0 Å². The van der Waals surface area contributed by atoms with Crippen molar-refractivity contribution >= 4 is 9.73 Å². The van der Waals surface area contributed by atoms with E-state index in [2.05, 4.69) is 25.7 Å². The summed E-state index contributed by atoms with van der Waals surface area (Å²) in [6.07, 6.45) is 11.7. The van der Waals surface area contributed by atoms with Crippen molar-refractivity contribution in [1.82, 2.24) is 4.90 Å². The van der Waals surface area contributed by atoms with Crippen molar-refractivity contribution < 1.29 is 4.21 Å². The maximum absolute atomic E-state index is 11.9. The molecule has 1 aliphatic heterocycles. The Morgan fingerprint density at radius 2 is 1.48 bits per heavy atom. The van der Waals surface area contributed by atoms with E-state index in [4.69, 9.17) is 4.78 Å². The van der Waals surface area contributed by atoms with Gasteiger partial charge in [-0.05, 0) is 19.8 Å². The summed E-state index contributed by atoms with van der Waals surface area (Å²) in [6, 6.07) is 0. The smallest absolute Gasteiger partial charge is 0.0466 e. The lowest BCUT2D eigenvalue weighted by Gasteiger charge is -2.44. The summed E-state index contributed by atoms with van der Waals surface area (Å²) in [5, 5.41) is 0. The number of hydrogen-bond donors (Lipinski definition) is 1. The van der Waals surface area contributed by atoms with E-state index >= 15 is 0 Å². The van der Waals surface area contributed by atoms with Crippen LogP contribution in [0.15, 0.2) is 0 Å². The van der Waals surface area contributed by atoms with Gasteiger partial charge in [0.1, 0.15) is 0 Å². The van der Waals surface area contributed by atoms with Crippen LogP contribution in [-0.4, -0.2) is 39.2 Å². The highest BCUT2D eigenvalue weighted by molar-refractivity contribution is 7.92. The average Bonchev–Trinajstić information content (AvgIpc) is 2.45. The van der Waals surface area contributed by atoms with Crippen LogP contribution in [0.4, 0.5) is 0 Å². The van der Waals surface area contributed by atoms with Gasteiger partial charge in [0.2, 0.25) is 0 Å². The number of hydrogen-bond acceptors (Lipinski definition) is 3. The van der Waals surface area contributed by atoms with Gasteiger partial charge in [0, 0.05) is 39.9 Å². The molecule has 0 aromatic rings. The predicted octanol–water partition coefficient (Wildman–Crippen LogP) is 4.66. The molecule has 4 heteroatoms. The van der Waals surface area contributed by atoms with Crippen LogP contribution in [0.2, 0.25) is 0 Å². The first kappa shape index (κ1) is 19.0. The first-order valence-corrected chi connectivity index (χ1v) is 10.8. The Morgan fingerprint density at radius 3 is 2.05 bits per heavy atom. The third-order valence-corrected chi connectivity index (χ3v) is 6.72. The first-order chi connectivity index (χ1) is 9.93. The molecule has 1 aliphatic rings. The molecule has 1 saturated heterocycles. The third kappa shape index (κ3) is 6.68. The molecular formula is C17H36N2OS. The molecule has 3 nitrogen and oxygen atoms in total. The van der Waals surface area contributed by atoms with E-state index < -0.39 is 9.73 Å². The molecule has 1 rings (SSSR count). The predicted molar refractivity (Wildman–Crippen MR) is 93.5 cm³/mol. The fourth-order valence-electron chi connectivity index (χ4n) is 3.38. The van der Waals surface area contributed by atoms with Crippen molar-refractivity contribution in [1.29, 1.82) is 4.78 Å². The minimum Gasteiger partial charge on any atom is -0.296 e. The van der Waals surface area contributed by atoms with Crippen LogP contribution in [0.5, 0.6) is 0 Å². The maximum Gasteiger partial charge on any atom is 0.0466 e. The fraction of sp³-hybridized carbons (Fsp3) is 1.00. The quantitative estimate of drug-likeness (QED) is 0.596. The summed E-state index contributed by atoms with van der Waals surface area (Å²) < 4.78 is 19.6. The average molecular weight is 317 g/mol. The third-order valence-electron chi connectivity index (χ3n) is 5.03. The van der Waals surface area contributed by atoms with E-state index in [1.165, 1.54) is 57.8 Å². The van der Waals surface area contributed by atoms with Crippen molar-refractivity contribution in [2.75, 3.05) is 24.6 Å². The number of rotatable bonds is 10. The van der Waals surface area contributed by atoms with Gasteiger partial charge in [0.25, 0.3) is 0 Å². The molecule has 1 fully saturated rings. The highest BCUT2D eigenvalue weighted by Gasteiger charge is 2.33. The second kappa shape index (κ2) is 9.14. The monoisotopic (exact) mass is 316 g/mol. The molecule has 1 N–H and O–H groups in total. The Hall–Kier alpha value is -0.0900. The van der Waals surface area contributed by atoms with Gasteiger partial charge in [-0.15, -0.1) is 0 Å². The summed E-state index contributed by atoms with van der Waals surface area (Å²) in [6.45, 7) is 8.64. The van der Waals surface area contributed by atoms with Crippen LogP contribution in [0.3, 0.4) is 0 Å². The van der Waals surface area contributed by atoms with Crippen LogP contribution in [0, 0.1) is 4.78 Å². The van der Waals surface area contributed by atoms with Crippen LogP contribution in [-0.2, 0) is 9.73 Å². The topological polar surface area (TPSA) is 44.2 Å². The number of unbranched alkanes of at least 4 members (excludes halogenated alkanes) is 5. The standard InChI is InChI=1S/C17H36N2OS/c1-4-6-8-9-10-12-17(3,11-7-5-2)19-13-15-21(18,20)16-14-19/h18H,4-16H2,1-3H3. The highest BCUT2D eigenvalue weighted by atomic mass is 32.2. The molecule has 1 heterocycles. The van der Waals surface area contributed by atoms with Crippen molar-refractivity contribution in [3.63, 3.8) is 0 Å². The molecule has 0 bridgehead atoms. The Labute approximate surface area is 132 Å². The molecule has 21 heavy (non-hydrogen) atoms. The van der Waals surface area contributed by atoms with Crippen molar-refractivity contribution in [3.05, 3.63) is 0 Å². The lowest BCUT2D eigenvalue weighted by molar-refractivity contribution is 0.0904. The highest BCUT2D eigenvalue weighted by Crippen LogP contribution is 2.30. The minimum atomic E-state index is -2.27. The lowest BCUT2D eigenvalue weighted by atomic mass is 9.86. The lowest BCUT2D eigenvalue weighted by Crippen LogP contribution is -2.53. The molecule has 1 atom stereocenters. The van der Waals surface area contributed by atoms with Crippen molar-refractivity contribution in [2.24, 2.45) is 0 Å². The molecule has 1 unspecified atom stereocenters. The normalized spacial score (nSPS) is 22.0. The Balaban J connectivity index is 2.52. The Morgan fingerprint density at radius 1 is 0.952 bits per heavy atom. The summed E-state index contributed by atoms with van der Waals surface area (Å²) in [5.41, 5.74) is 0.262. The van der Waals surface area contributed by atoms with Gasteiger partial charge in [0.15, 0.2) is 0 Å². The molecule has 0 radical (unpaired) electrons. The van der Waals surface area contributed by atoms with E-state index in [1.807, 2.05) is 0 Å². The van der Waals surface area contributed by atoms with E-state index in [0.717, 1.165) is 13.1 Å². The number of nitrogens with zero attached hydrogens (tertiary/aromatic N) is 1. The van der Waals surface area contributed by atoms with E-state index in [9.17, 15) is 4.21 Å². The van der Waals surface area contributed by atoms with Crippen molar-refractivity contribution in [2.45, 2.75) is 84.1 Å². The second-order valence-electron chi connectivity index (χ2n) is 6.97. The second-order valence-corrected chi connectivity index (χ2v) is 9.41. The van der Waals surface area contributed by atoms with Gasteiger partial charge >= 0.3 is 0 Å². The van der Waals surface area contributed by atoms with Gasteiger partial charge in [-0.25, -0.2) is 4.21 Å².